The molecular weight excluding hydrogens is 416 g/mol. The normalized spacial score (nSPS) is 23.2. The van der Waals surface area contributed by atoms with Crippen LogP contribution in [0.3, 0.4) is 0 Å². The van der Waals surface area contributed by atoms with E-state index in [1.165, 1.54) is 11.6 Å². The molecule has 2 fully saturated rings. The Morgan fingerprint density at radius 1 is 0.939 bits per heavy atom. The fourth-order valence-corrected chi connectivity index (χ4v) is 5.19. The van der Waals surface area contributed by atoms with Gasteiger partial charge in [0.25, 0.3) is 0 Å². The Labute approximate surface area is 198 Å². The van der Waals surface area contributed by atoms with Gasteiger partial charge in [-0.1, -0.05) is 53.7 Å². The molecule has 1 saturated heterocycles. The number of ether oxygens (including phenoxy) is 1. The highest BCUT2D eigenvalue weighted by Crippen LogP contribution is 2.57. The molecule has 1 heterocycles. The van der Waals surface area contributed by atoms with E-state index in [0.717, 1.165) is 50.0 Å². The molecule has 4 rings (SSSR count). The fraction of sp³-hybridized carbons (Fsp3) is 0.586. The van der Waals surface area contributed by atoms with Crippen molar-refractivity contribution in [1.29, 1.82) is 0 Å². The van der Waals surface area contributed by atoms with E-state index in [-0.39, 0.29) is 27.9 Å². The van der Waals surface area contributed by atoms with Crippen LogP contribution in [0.2, 0.25) is 0 Å². The molecule has 0 N–H and O–H groups in total. The summed E-state index contributed by atoms with van der Waals surface area (Å²) < 4.78 is 34.9. The van der Waals surface area contributed by atoms with Gasteiger partial charge >= 0.3 is 0 Å². The van der Waals surface area contributed by atoms with Crippen LogP contribution in [0.1, 0.15) is 78.4 Å². The molecule has 2 unspecified atom stereocenters. The molecule has 2 nitrogen and oxygen atoms in total. The SMILES string of the molecule is CC(C)(C)c1ccc(F)c(OCC2(C)CC2CC(C)(C)c2ccc(F)c(N3CCCC3)c2)c1. The third-order valence-corrected chi connectivity index (χ3v) is 7.82. The predicted octanol–water partition coefficient (Wildman–Crippen LogP) is 7.64. The summed E-state index contributed by atoms with van der Waals surface area (Å²) in [5.41, 5.74) is 2.92. The molecule has 2 aliphatic rings. The molecule has 1 saturated carbocycles. The van der Waals surface area contributed by atoms with Crippen LogP contribution in [-0.4, -0.2) is 19.7 Å². The molecule has 180 valence electrons. The van der Waals surface area contributed by atoms with Gasteiger partial charge in [-0.3, -0.25) is 0 Å². The summed E-state index contributed by atoms with van der Waals surface area (Å²) in [6.07, 6.45) is 4.33. The Balaban J connectivity index is 1.41. The number of nitrogens with zero attached hydrogens (tertiary/aromatic N) is 1. The van der Waals surface area contributed by atoms with E-state index in [9.17, 15) is 8.78 Å². The molecule has 33 heavy (non-hydrogen) atoms. The molecule has 2 atom stereocenters. The van der Waals surface area contributed by atoms with Crippen molar-refractivity contribution in [3.05, 3.63) is 59.2 Å². The molecule has 4 heteroatoms. The van der Waals surface area contributed by atoms with Crippen LogP contribution in [0.5, 0.6) is 5.75 Å². The second kappa shape index (κ2) is 8.60. The minimum absolute atomic E-state index is 0.0409. The monoisotopic (exact) mass is 455 g/mol. The van der Waals surface area contributed by atoms with Crippen molar-refractivity contribution in [1.82, 2.24) is 0 Å². The lowest BCUT2D eigenvalue weighted by Gasteiger charge is -2.29. The molecule has 2 aromatic rings. The maximum Gasteiger partial charge on any atom is 0.165 e. The van der Waals surface area contributed by atoms with Crippen LogP contribution in [0.15, 0.2) is 36.4 Å². The second-order valence-electron chi connectivity index (χ2n) is 12.2. The maximum atomic E-state index is 14.5. The Hall–Kier alpha value is -2.10. The highest BCUT2D eigenvalue weighted by atomic mass is 19.1. The Morgan fingerprint density at radius 2 is 1.58 bits per heavy atom. The zero-order valence-corrected chi connectivity index (χ0v) is 21.1. The van der Waals surface area contributed by atoms with Gasteiger partial charge in [0, 0.05) is 18.5 Å². The molecule has 0 amide bonds. The lowest BCUT2D eigenvalue weighted by Crippen LogP contribution is -2.23. The first-order valence-electron chi connectivity index (χ1n) is 12.4. The topological polar surface area (TPSA) is 12.5 Å². The fourth-order valence-electron chi connectivity index (χ4n) is 5.19. The van der Waals surface area contributed by atoms with Gasteiger partial charge in [-0.15, -0.1) is 0 Å². The number of hydrogen-bond donors (Lipinski definition) is 0. The zero-order chi connectivity index (χ0) is 24.0. The molecule has 1 aliphatic heterocycles. The van der Waals surface area contributed by atoms with Gasteiger partial charge in [0.05, 0.1) is 12.3 Å². The highest BCUT2D eigenvalue weighted by molar-refractivity contribution is 5.52. The van der Waals surface area contributed by atoms with Crippen molar-refractivity contribution >= 4 is 5.69 Å². The van der Waals surface area contributed by atoms with E-state index < -0.39 is 0 Å². The van der Waals surface area contributed by atoms with Crippen LogP contribution in [0.4, 0.5) is 14.5 Å². The minimum Gasteiger partial charge on any atom is -0.490 e. The maximum absolute atomic E-state index is 14.5. The van der Waals surface area contributed by atoms with E-state index in [2.05, 4.69) is 52.5 Å². The molecule has 2 aromatic carbocycles. The van der Waals surface area contributed by atoms with Crippen molar-refractivity contribution in [2.24, 2.45) is 11.3 Å². The van der Waals surface area contributed by atoms with Gasteiger partial charge in [0.15, 0.2) is 11.6 Å². The minimum atomic E-state index is -0.301. The number of anilines is 1. The standard InChI is InChI=1S/C29H39F2NO/c1-27(2,3)20-9-12-24(31)26(16-20)33-19-29(6)18-22(29)17-28(4,5)21-10-11-23(30)25(15-21)32-13-7-8-14-32/h9-12,15-16,22H,7-8,13-14,17-19H2,1-6H3. The van der Waals surface area contributed by atoms with Crippen LogP contribution < -0.4 is 9.64 Å². The van der Waals surface area contributed by atoms with Crippen molar-refractivity contribution in [2.45, 2.75) is 78.1 Å². The first-order valence-corrected chi connectivity index (χ1v) is 12.4. The van der Waals surface area contributed by atoms with Crippen molar-refractivity contribution in [3.8, 4) is 5.75 Å². The van der Waals surface area contributed by atoms with Crippen LogP contribution in [0.25, 0.3) is 0 Å². The summed E-state index contributed by atoms with van der Waals surface area (Å²) in [6.45, 7) is 15.5. The van der Waals surface area contributed by atoms with Gasteiger partial charge in [-0.25, -0.2) is 8.78 Å². The van der Waals surface area contributed by atoms with E-state index >= 15 is 0 Å². The Morgan fingerprint density at radius 3 is 2.24 bits per heavy atom. The smallest absolute Gasteiger partial charge is 0.165 e. The third kappa shape index (κ3) is 5.20. The molecule has 0 spiro atoms. The van der Waals surface area contributed by atoms with Gasteiger partial charge in [0.1, 0.15) is 5.82 Å². The summed E-state index contributed by atoms with van der Waals surface area (Å²) in [7, 11) is 0. The first-order chi connectivity index (χ1) is 15.4. The number of rotatable bonds is 7. The third-order valence-electron chi connectivity index (χ3n) is 7.82. The zero-order valence-electron chi connectivity index (χ0n) is 21.1. The van der Waals surface area contributed by atoms with Gasteiger partial charge in [-0.05, 0) is 77.8 Å². The van der Waals surface area contributed by atoms with E-state index in [4.69, 9.17) is 4.74 Å². The van der Waals surface area contributed by atoms with Gasteiger partial charge in [-0.2, -0.15) is 0 Å². The summed E-state index contributed by atoms with van der Waals surface area (Å²) in [5, 5.41) is 0. The summed E-state index contributed by atoms with van der Waals surface area (Å²) in [5.74, 6) is 0.425. The molecule has 0 radical (unpaired) electrons. The van der Waals surface area contributed by atoms with Crippen molar-refractivity contribution in [2.75, 3.05) is 24.6 Å². The van der Waals surface area contributed by atoms with Gasteiger partial charge in [0.2, 0.25) is 0 Å². The average Bonchev–Trinajstić information content (AvgIpc) is 3.12. The van der Waals surface area contributed by atoms with Crippen molar-refractivity contribution in [3.63, 3.8) is 0 Å². The lowest BCUT2D eigenvalue weighted by atomic mass is 9.78. The van der Waals surface area contributed by atoms with Crippen molar-refractivity contribution < 1.29 is 13.5 Å². The second-order valence-corrected chi connectivity index (χ2v) is 12.2. The van der Waals surface area contributed by atoms with E-state index in [1.807, 2.05) is 18.2 Å². The van der Waals surface area contributed by atoms with Crippen LogP contribution in [0, 0.1) is 23.0 Å². The molecule has 1 aliphatic carbocycles. The average molecular weight is 456 g/mol. The quantitative estimate of drug-likeness (QED) is 0.425. The summed E-state index contributed by atoms with van der Waals surface area (Å²) in [6, 6.07) is 10.8. The summed E-state index contributed by atoms with van der Waals surface area (Å²) >= 11 is 0. The molecule has 0 aromatic heterocycles. The first kappa shape index (κ1) is 24.0. The number of benzene rings is 2. The highest BCUT2D eigenvalue weighted by Gasteiger charge is 2.52. The predicted molar refractivity (Wildman–Crippen MR) is 132 cm³/mol. The Bertz CT molecular complexity index is 1000. The number of hydrogen-bond acceptors (Lipinski definition) is 2. The number of halogens is 2. The lowest BCUT2D eigenvalue weighted by molar-refractivity contribution is 0.217. The van der Waals surface area contributed by atoms with E-state index in [1.54, 1.807) is 6.07 Å². The van der Waals surface area contributed by atoms with Crippen LogP contribution in [-0.2, 0) is 10.8 Å². The Kier molecular flexibility index (Phi) is 6.26. The summed E-state index contributed by atoms with van der Waals surface area (Å²) in [4.78, 5) is 2.17. The van der Waals surface area contributed by atoms with E-state index in [0.29, 0.717) is 18.3 Å². The molecular formula is C29H39F2NO. The largest absolute Gasteiger partial charge is 0.490 e. The van der Waals surface area contributed by atoms with Gasteiger partial charge < -0.3 is 9.64 Å². The van der Waals surface area contributed by atoms with Crippen LogP contribution >= 0.6 is 0 Å². The molecule has 0 bridgehead atoms.